The lowest BCUT2D eigenvalue weighted by Gasteiger charge is -2.16. The molecule has 2 amide bonds. The van der Waals surface area contributed by atoms with Gasteiger partial charge in [-0.3, -0.25) is 9.59 Å². The third-order valence-electron chi connectivity index (χ3n) is 3.52. The van der Waals surface area contributed by atoms with Crippen molar-refractivity contribution in [2.45, 2.75) is 52.5 Å². The number of nitrogens with one attached hydrogen (secondary N) is 2. The van der Waals surface area contributed by atoms with E-state index in [1.165, 1.54) is 0 Å². The minimum atomic E-state index is -1.06. The zero-order valence-corrected chi connectivity index (χ0v) is 12.9. The van der Waals surface area contributed by atoms with Crippen molar-refractivity contribution in [1.82, 2.24) is 10.6 Å². The van der Waals surface area contributed by atoms with Crippen LogP contribution in [0.4, 0.5) is 0 Å². The third kappa shape index (κ3) is 5.57. The Labute approximate surface area is 125 Å². The number of carbonyl (C=O) groups excluding carboxylic acids is 2. The van der Waals surface area contributed by atoms with E-state index >= 15 is 0 Å². The quantitative estimate of drug-likeness (QED) is 0.658. The molecule has 0 aromatic carbocycles. The summed E-state index contributed by atoms with van der Waals surface area (Å²) in [4.78, 5) is 34.7. The molecule has 0 saturated heterocycles. The van der Waals surface area contributed by atoms with Gasteiger partial charge in [-0.25, -0.2) is 4.79 Å². The van der Waals surface area contributed by atoms with Crippen LogP contribution in [0, 0.1) is 5.92 Å². The Hall–Kier alpha value is -1.85. The molecule has 0 saturated carbocycles. The lowest BCUT2D eigenvalue weighted by Crippen LogP contribution is -2.46. The molecule has 0 aromatic rings. The summed E-state index contributed by atoms with van der Waals surface area (Å²) >= 11 is 0. The van der Waals surface area contributed by atoms with E-state index in [2.05, 4.69) is 10.6 Å². The van der Waals surface area contributed by atoms with Crippen molar-refractivity contribution in [3.05, 3.63) is 11.1 Å². The van der Waals surface area contributed by atoms with Crippen molar-refractivity contribution in [3.8, 4) is 0 Å². The second-order valence-electron chi connectivity index (χ2n) is 5.88. The van der Waals surface area contributed by atoms with Gasteiger partial charge in [0.2, 0.25) is 11.8 Å². The van der Waals surface area contributed by atoms with Gasteiger partial charge in [-0.1, -0.05) is 19.4 Å². The van der Waals surface area contributed by atoms with Gasteiger partial charge in [-0.15, -0.1) is 0 Å². The summed E-state index contributed by atoms with van der Waals surface area (Å²) in [6.07, 6.45) is 2.99. The van der Waals surface area contributed by atoms with Crippen LogP contribution in [-0.4, -0.2) is 35.5 Å². The van der Waals surface area contributed by atoms with Crippen molar-refractivity contribution in [2.75, 3.05) is 6.54 Å². The molecule has 0 aliphatic heterocycles. The average Bonchev–Trinajstić information content (AvgIpc) is 2.81. The second-order valence-corrected chi connectivity index (χ2v) is 5.88. The van der Waals surface area contributed by atoms with E-state index in [0.29, 0.717) is 6.42 Å². The fourth-order valence-corrected chi connectivity index (χ4v) is 2.41. The lowest BCUT2D eigenvalue weighted by atomic mass is 10.0. The van der Waals surface area contributed by atoms with Crippen LogP contribution in [-0.2, 0) is 14.4 Å². The van der Waals surface area contributed by atoms with Crippen LogP contribution in [0.15, 0.2) is 11.1 Å². The summed E-state index contributed by atoms with van der Waals surface area (Å²) in [5.41, 5.74) is 1.82. The molecular formula is C15H24N2O4. The van der Waals surface area contributed by atoms with Crippen LogP contribution in [0.3, 0.4) is 0 Å². The molecule has 0 unspecified atom stereocenters. The molecule has 3 N–H and O–H groups in total. The summed E-state index contributed by atoms with van der Waals surface area (Å²) in [6.45, 7) is 5.50. The van der Waals surface area contributed by atoms with Gasteiger partial charge in [0, 0.05) is 5.57 Å². The molecule has 0 aromatic heterocycles. The first-order valence-corrected chi connectivity index (χ1v) is 7.30. The van der Waals surface area contributed by atoms with Crippen molar-refractivity contribution in [2.24, 2.45) is 5.92 Å². The molecule has 0 heterocycles. The Morgan fingerprint density at radius 3 is 2.38 bits per heavy atom. The number of carboxylic acids is 1. The SMILES string of the molecule is CC1=C(C(=O)NCC(=O)N[C@@H](CC(C)C)C(=O)O)CCC1. The van der Waals surface area contributed by atoms with E-state index in [9.17, 15) is 14.4 Å². The Bertz CT molecular complexity index is 455. The van der Waals surface area contributed by atoms with Crippen molar-refractivity contribution < 1.29 is 19.5 Å². The van der Waals surface area contributed by atoms with Crippen LogP contribution in [0.5, 0.6) is 0 Å². The highest BCUT2D eigenvalue weighted by molar-refractivity contribution is 5.97. The van der Waals surface area contributed by atoms with E-state index in [0.717, 1.165) is 30.4 Å². The maximum atomic E-state index is 11.9. The molecule has 6 nitrogen and oxygen atoms in total. The van der Waals surface area contributed by atoms with E-state index in [1.807, 2.05) is 20.8 Å². The van der Waals surface area contributed by atoms with Crippen molar-refractivity contribution in [1.29, 1.82) is 0 Å². The largest absolute Gasteiger partial charge is 0.480 e. The van der Waals surface area contributed by atoms with Gasteiger partial charge < -0.3 is 15.7 Å². The summed E-state index contributed by atoms with van der Waals surface area (Å²) in [6, 6.07) is -0.915. The molecule has 21 heavy (non-hydrogen) atoms. The highest BCUT2D eigenvalue weighted by Gasteiger charge is 2.22. The minimum Gasteiger partial charge on any atom is -0.480 e. The van der Waals surface area contributed by atoms with E-state index in [-0.39, 0.29) is 18.4 Å². The van der Waals surface area contributed by atoms with Gasteiger partial charge in [0.15, 0.2) is 0 Å². The summed E-state index contributed by atoms with van der Waals surface area (Å²) in [5.74, 6) is -1.60. The molecule has 1 atom stereocenters. The van der Waals surface area contributed by atoms with E-state index < -0.39 is 17.9 Å². The summed E-state index contributed by atoms with van der Waals surface area (Å²) in [5, 5.41) is 14.0. The Morgan fingerprint density at radius 2 is 1.90 bits per heavy atom. The van der Waals surface area contributed by atoms with Gasteiger partial charge >= 0.3 is 5.97 Å². The van der Waals surface area contributed by atoms with Crippen LogP contribution >= 0.6 is 0 Å². The topological polar surface area (TPSA) is 95.5 Å². The molecule has 1 aliphatic carbocycles. The maximum Gasteiger partial charge on any atom is 0.326 e. The predicted molar refractivity (Wildman–Crippen MR) is 78.6 cm³/mol. The zero-order chi connectivity index (χ0) is 16.0. The average molecular weight is 296 g/mol. The molecule has 0 fully saturated rings. The number of carboxylic acid groups (broad SMARTS) is 1. The zero-order valence-electron chi connectivity index (χ0n) is 12.9. The van der Waals surface area contributed by atoms with Gasteiger partial charge in [-0.05, 0) is 38.5 Å². The standard InChI is InChI=1S/C15H24N2O4/c1-9(2)7-12(15(20)21)17-13(18)8-16-14(19)11-6-4-5-10(11)3/h9,12H,4-8H2,1-3H3,(H,16,19)(H,17,18)(H,20,21)/t12-/m0/s1. The first kappa shape index (κ1) is 17.2. The second kappa shape index (κ2) is 7.81. The van der Waals surface area contributed by atoms with Crippen LogP contribution in [0.1, 0.15) is 46.5 Å². The Kier molecular flexibility index (Phi) is 6.39. The van der Waals surface area contributed by atoms with Crippen LogP contribution in [0.2, 0.25) is 0 Å². The number of aliphatic carboxylic acids is 1. The Morgan fingerprint density at radius 1 is 1.24 bits per heavy atom. The van der Waals surface area contributed by atoms with Crippen LogP contribution in [0.25, 0.3) is 0 Å². The molecule has 0 spiro atoms. The summed E-state index contributed by atoms with van der Waals surface area (Å²) < 4.78 is 0. The molecule has 6 heteroatoms. The number of rotatable bonds is 7. The number of carbonyl (C=O) groups is 3. The van der Waals surface area contributed by atoms with E-state index in [1.54, 1.807) is 0 Å². The maximum absolute atomic E-state index is 11.9. The van der Waals surface area contributed by atoms with Crippen LogP contribution < -0.4 is 10.6 Å². The minimum absolute atomic E-state index is 0.160. The highest BCUT2D eigenvalue weighted by atomic mass is 16.4. The predicted octanol–water partition coefficient (Wildman–Crippen LogP) is 1.22. The number of hydrogen-bond acceptors (Lipinski definition) is 3. The number of amides is 2. The van der Waals surface area contributed by atoms with Gasteiger partial charge in [0.25, 0.3) is 0 Å². The molecule has 118 valence electrons. The molecular weight excluding hydrogens is 272 g/mol. The molecule has 1 aliphatic rings. The van der Waals surface area contributed by atoms with Gasteiger partial charge in [0.1, 0.15) is 6.04 Å². The normalized spacial score (nSPS) is 16.0. The first-order chi connectivity index (χ1) is 9.81. The van der Waals surface area contributed by atoms with E-state index in [4.69, 9.17) is 5.11 Å². The fourth-order valence-electron chi connectivity index (χ4n) is 2.41. The van der Waals surface area contributed by atoms with Crippen molar-refractivity contribution in [3.63, 3.8) is 0 Å². The summed E-state index contributed by atoms with van der Waals surface area (Å²) in [7, 11) is 0. The fraction of sp³-hybridized carbons (Fsp3) is 0.667. The lowest BCUT2D eigenvalue weighted by molar-refractivity contribution is -0.142. The first-order valence-electron chi connectivity index (χ1n) is 7.30. The highest BCUT2D eigenvalue weighted by Crippen LogP contribution is 2.25. The molecule has 1 rings (SSSR count). The molecule has 0 radical (unpaired) electrons. The van der Waals surface area contributed by atoms with Gasteiger partial charge in [0.05, 0.1) is 6.54 Å². The van der Waals surface area contributed by atoms with Gasteiger partial charge in [-0.2, -0.15) is 0 Å². The molecule has 0 bridgehead atoms. The third-order valence-corrected chi connectivity index (χ3v) is 3.52. The smallest absolute Gasteiger partial charge is 0.326 e. The number of hydrogen-bond donors (Lipinski definition) is 3. The monoisotopic (exact) mass is 296 g/mol. The van der Waals surface area contributed by atoms with Crippen molar-refractivity contribution >= 4 is 17.8 Å². The Balaban J connectivity index is 2.44. The number of allylic oxidation sites excluding steroid dienone is 1.